The molecule has 0 saturated carbocycles. The number of nitrogens with one attached hydrogen (secondary N) is 1. The molecule has 0 aliphatic rings. The van der Waals surface area contributed by atoms with Gasteiger partial charge in [0.25, 0.3) is 0 Å². The van der Waals surface area contributed by atoms with E-state index in [1.807, 2.05) is 49.4 Å². The van der Waals surface area contributed by atoms with Gasteiger partial charge in [-0.15, -0.1) is 0 Å². The van der Waals surface area contributed by atoms with Crippen LogP contribution < -0.4 is 11.1 Å². The molecule has 0 amide bonds. The first-order valence-electron chi connectivity index (χ1n) is 6.31. The van der Waals surface area contributed by atoms with Gasteiger partial charge in [-0.25, -0.2) is 0 Å². The monoisotopic (exact) mass is 283 g/mol. The van der Waals surface area contributed by atoms with Crippen molar-refractivity contribution in [2.24, 2.45) is 0 Å². The van der Waals surface area contributed by atoms with Crippen molar-refractivity contribution in [2.75, 3.05) is 11.1 Å². The molecule has 3 N–H and O–H groups in total. The van der Waals surface area contributed by atoms with Crippen molar-refractivity contribution in [1.82, 2.24) is 4.98 Å². The van der Waals surface area contributed by atoms with Crippen LogP contribution in [0.15, 0.2) is 48.7 Å². The normalized spacial score (nSPS) is 10.7. The maximum atomic E-state index is 6.14. The Bertz CT molecular complexity index is 784. The zero-order chi connectivity index (χ0) is 14.1. The molecule has 0 spiro atoms. The molecule has 4 heteroatoms. The number of hydrogen-bond acceptors (Lipinski definition) is 3. The van der Waals surface area contributed by atoms with E-state index in [1.54, 1.807) is 6.20 Å². The third kappa shape index (κ3) is 2.40. The molecule has 0 aliphatic carbocycles. The Morgan fingerprint density at radius 2 is 2.00 bits per heavy atom. The minimum absolute atomic E-state index is 0.728. The summed E-state index contributed by atoms with van der Waals surface area (Å²) in [6.07, 6.45) is 1.77. The van der Waals surface area contributed by atoms with Gasteiger partial charge in [-0.2, -0.15) is 0 Å². The Labute approximate surface area is 122 Å². The van der Waals surface area contributed by atoms with Gasteiger partial charge in [0, 0.05) is 33.7 Å². The van der Waals surface area contributed by atoms with E-state index in [0.717, 1.165) is 38.6 Å². The number of aromatic nitrogens is 1. The second-order valence-electron chi connectivity index (χ2n) is 4.73. The van der Waals surface area contributed by atoms with Crippen LogP contribution in [0.3, 0.4) is 0 Å². The molecule has 3 nitrogen and oxygen atoms in total. The highest BCUT2D eigenvalue weighted by Gasteiger charge is 2.05. The van der Waals surface area contributed by atoms with E-state index in [-0.39, 0.29) is 0 Å². The number of fused-ring (bicyclic) bond motifs is 1. The van der Waals surface area contributed by atoms with Crippen LogP contribution in [0.2, 0.25) is 5.02 Å². The summed E-state index contributed by atoms with van der Waals surface area (Å²) < 4.78 is 0. The van der Waals surface area contributed by atoms with Crippen LogP contribution in [0.5, 0.6) is 0 Å². The van der Waals surface area contributed by atoms with E-state index in [0.29, 0.717) is 0 Å². The number of hydrogen-bond donors (Lipinski definition) is 2. The van der Waals surface area contributed by atoms with Crippen molar-refractivity contribution >= 4 is 39.6 Å². The summed E-state index contributed by atoms with van der Waals surface area (Å²) in [4.78, 5) is 4.35. The smallest absolute Gasteiger partial charge is 0.0737 e. The second kappa shape index (κ2) is 5.02. The van der Waals surface area contributed by atoms with Gasteiger partial charge in [-0.3, -0.25) is 4.98 Å². The van der Waals surface area contributed by atoms with Crippen molar-refractivity contribution in [3.05, 3.63) is 59.2 Å². The van der Waals surface area contributed by atoms with Crippen LogP contribution in [-0.2, 0) is 0 Å². The number of nitrogens with zero attached hydrogens (tertiary/aromatic N) is 1. The molecule has 0 saturated heterocycles. The molecule has 3 rings (SSSR count). The zero-order valence-corrected chi connectivity index (χ0v) is 11.8. The van der Waals surface area contributed by atoms with Crippen LogP contribution in [0.4, 0.5) is 17.1 Å². The Morgan fingerprint density at radius 1 is 1.15 bits per heavy atom. The Kier molecular flexibility index (Phi) is 3.20. The molecular weight excluding hydrogens is 270 g/mol. The largest absolute Gasteiger partial charge is 0.399 e. The minimum atomic E-state index is 0.728. The average molecular weight is 284 g/mol. The summed E-state index contributed by atoms with van der Waals surface area (Å²) in [7, 11) is 0. The molecular formula is C16H14ClN3. The molecule has 0 atom stereocenters. The van der Waals surface area contributed by atoms with Crippen molar-refractivity contribution in [1.29, 1.82) is 0 Å². The van der Waals surface area contributed by atoms with Gasteiger partial charge in [0.2, 0.25) is 0 Å². The number of halogens is 1. The first-order chi connectivity index (χ1) is 9.63. The first-order valence-corrected chi connectivity index (χ1v) is 6.69. The summed E-state index contributed by atoms with van der Waals surface area (Å²) in [6.45, 7) is 1.99. The SMILES string of the molecule is Cc1cc2c(Nc3cccc(N)c3)ccnc2cc1Cl. The van der Waals surface area contributed by atoms with Gasteiger partial charge in [0.15, 0.2) is 0 Å². The maximum absolute atomic E-state index is 6.14. The predicted molar refractivity (Wildman–Crippen MR) is 85.6 cm³/mol. The number of nitrogens with two attached hydrogens (primary N) is 1. The molecule has 20 heavy (non-hydrogen) atoms. The van der Waals surface area contributed by atoms with Crippen molar-refractivity contribution in [2.45, 2.75) is 6.92 Å². The van der Waals surface area contributed by atoms with Crippen LogP contribution in [0.1, 0.15) is 5.56 Å². The van der Waals surface area contributed by atoms with Gasteiger partial charge in [-0.1, -0.05) is 17.7 Å². The Hall–Kier alpha value is -2.26. The molecule has 0 aliphatic heterocycles. The quantitative estimate of drug-likeness (QED) is 0.680. The molecule has 0 bridgehead atoms. The molecule has 1 aromatic heterocycles. The lowest BCUT2D eigenvalue weighted by Crippen LogP contribution is -1.94. The maximum Gasteiger partial charge on any atom is 0.0737 e. The van der Waals surface area contributed by atoms with E-state index < -0.39 is 0 Å². The topological polar surface area (TPSA) is 50.9 Å². The molecule has 0 radical (unpaired) electrons. The fraction of sp³-hybridized carbons (Fsp3) is 0.0625. The third-order valence-corrected chi connectivity index (χ3v) is 3.59. The van der Waals surface area contributed by atoms with Crippen LogP contribution in [-0.4, -0.2) is 4.98 Å². The third-order valence-electron chi connectivity index (χ3n) is 3.19. The van der Waals surface area contributed by atoms with Crippen molar-refractivity contribution in [3.63, 3.8) is 0 Å². The highest BCUT2D eigenvalue weighted by Crippen LogP contribution is 2.29. The van der Waals surface area contributed by atoms with Crippen LogP contribution in [0.25, 0.3) is 10.9 Å². The summed E-state index contributed by atoms with van der Waals surface area (Å²) in [5.74, 6) is 0. The van der Waals surface area contributed by atoms with Crippen LogP contribution >= 0.6 is 11.6 Å². The van der Waals surface area contributed by atoms with E-state index in [1.165, 1.54) is 0 Å². The van der Waals surface area contributed by atoms with E-state index in [4.69, 9.17) is 17.3 Å². The highest BCUT2D eigenvalue weighted by molar-refractivity contribution is 6.32. The summed E-state index contributed by atoms with van der Waals surface area (Å²) in [5, 5.41) is 5.14. The lowest BCUT2D eigenvalue weighted by molar-refractivity contribution is 1.39. The second-order valence-corrected chi connectivity index (χ2v) is 5.13. The van der Waals surface area contributed by atoms with Gasteiger partial charge in [0.05, 0.1) is 5.52 Å². The Balaban J connectivity index is 2.09. The number of nitrogen functional groups attached to an aromatic ring is 1. The zero-order valence-electron chi connectivity index (χ0n) is 11.0. The van der Waals surface area contributed by atoms with Gasteiger partial charge >= 0.3 is 0 Å². The highest BCUT2D eigenvalue weighted by atomic mass is 35.5. The molecule has 3 aromatic rings. The van der Waals surface area contributed by atoms with Gasteiger partial charge in [-0.05, 0) is 48.9 Å². The predicted octanol–water partition coefficient (Wildman–Crippen LogP) is 4.52. The number of rotatable bonds is 2. The summed E-state index contributed by atoms with van der Waals surface area (Å²) in [6, 6.07) is 13.5. The van der Waals surface area contributed by atoms with E-state index in [2.05, 4.69) is 10.3 Å². The van der Waals surface area contributed by atoms with Crippen LogP contribution in [0, 0.1) is 6.92 Å². The molecule has 0 fully saturated rings. The van der Waals surface area contributed by atoms with Gasteiger partial charge in [0.1, 0.15) is 0 Å². The number of benzene rings is 2. The Morgan fingerprint density at radius 3 is 2.80 bits per heavy atom. The standard InChI is InChI=1S/C16H14ClN3/c1-10-7-13-15(5-6-19-16(13)9-14(10)17)20-12-4-2-3-11(18)8-12/h2-9H,18H2,1H3,(H,19,20). The van der Waals surface area contributed by atoms with E-state index >= 15 is 0 Å². The number of anilines is 3. The lowest BCUT2D eigenvalue weighted by Gasteiger charge is -2.11. The minimum Gasteiger partial charge on any atom is -0.399 e. The lowest BCUT2D eigenvalue weighted by atomic mass is 10.1. The fourth-order valence-corrected chi connectivity index (χ4v) is 2.31. The molecule has 0 unspecified atom stereocenters. The summed E-state index contributed by atoms with van der Waals surface area (Å²) in [5.41, 5.74) is 10.4. The molecule has 100 valence electrons. The summed E-state index contributed by atoms with van der Waals surface area (Å²) >= 11 is 6.14. The van der Waals surface area contributed by atoms with E-state index in [9.17, 15) is 0 Å². The van der Waals surface area contributed by atoms with Crippen molar-refractivity contribution < 1.29 is 0 Å². The van der Waals surface area contributed by atoms with Crippen molar-refractivity contribution in [3.8, 4) is 0 Å². The average Bonchev–Trinajstić information content (AvgIpc) is 2.41. The number of pyridine rings is 1. The molecule has 1 heterocycles. The first kappa shape index (κ1) is 12.8. The van der Waals surface area contributed by atoms with Gasteiger partial charge < -0.3 is 11.1 Å². The number of aryl methyl sites for hydroxylation is 1. The fourth-order valence-electron chi connectivity index (χ4n) is 2.16. The molecule has 2 aromatic carbocycles.